The lowest BCUT2D eigenvalue weighted by Crippen LogP contribution is -2.33. The monoisotopic (exact) mass is 254 g/mol. The van der Waals surface area contributed by atoms with Crippen LogP contribution in [-0.2, 0) is 0 Å². The first kappa shape index (κ1) is 14.1. The molecule has 0 saturated heterocycles. The van der Waals surface area contributed by atoms with E-state index in [1.165, 1.54) is 11.8 Å². The maximum absolute atomic E-state index is 10.7. The fraction of sp³-hybridized carbons (Fsp3) is 0.462. The van der Waals surface area contributed by atoms with E-state index in [1.807, 2.05) is 20.8 Å². The molecule has 4 heteroatoms. The molecule has 17 heavy (non-hydrogen) atoms. The Bertz CT molecular complexity index is 382. The average molecular weight is 254 g/mol. The number of hydrogen-bond acceptors (Lipinski definition) is 3. The average Bonchev–Trinajstić information content (AvgIpc) is 2.27. The molecular formula is C13H18O3S. The lowest BCUT2D eigenvalue weighted by Gasteiger charge is -2.27. The van der Waals surface area contributed by atoms with Gasteiger partial charge in [0.2, 0.25) is 0 Å². The third kappa shape index (κ3) is 4.06. The Morgan fingerprint density at radius 3 is 2.29 bits per heavy atom. The summed E-state index contributed by atoms with van der Waals surface area (Å²) in [6, 6.07) is 6.69. The van der Waals surface area contributed by atoms with Crippen molar-refractivity contribution in [3.8, 4) is 0 Å². The Hall–Kier alpha value is -1.00. The van der Waals surface area contributed by atoms with Crippen molar-refractivity contribution < 1.29 is 15.0 Å². The predicted molar refractivity (Wildman–Crippen MR) is 69.6 cm³/mol. The normalized spacial score (nSPS) is 14.6. The number of aromatic carboxylic acids is 1. The summed E-state index contributed by atoms with van der Waals surface area (Å²) < 4.78 is 0. The molecule has 0 aromatic heterocycles. The van der Waals surface area contributed by atoms with Gasteiger partial charge in [-0.05, 0) is 37.1 Å². The Balaban J connectivity index is 2.62. The van der Waals surface area contributed by atoms with Crippen LogP contribution in [0.25, 0.3) is 0 Å². The molecule has 1 atom stereocenters. The highest BCUT2D eigenvalue weighted by atomic mass is 32.2. The van der Waals surface area contributed by atoms with Crippen LogP contribution in [0.3, 0.4) is 0 Å². The molecule has 1 unspecified atom stereocenters. The van der Waals surface area contributed by atoms with Gasteiger partial charge < -0.3 is 10.2 Å². The summed E-state index contributed by atoms with van der Waals surface area (Å²) in [6.07, 6.45) is 0. The zero-order chi connectivity index (χ0) is 13.1. The second kappa shape index (κ2) is 5.56. The first-order valence-corrected chi connectivity index (χ1v) is 6.50. The van der Waals surface area contributed by atoms with Crippen molar-refractivity contribution in [2.75, 3.05) is 5.75 Å². The van der Waals surface area contributed by atoms with Crippen molar-refractivity contribution in [2.24, 2.45) is 5.92 Å². The summed E-state index contributed by atoms with van der Waals surface area (Å²) in [6.45, 7) is 5.78. The molecule has 0 saturated carbocycles. The summed E-state index contributed by atoms with van der Waals surface area (Å²) in [7, 11) is 0. The molecule has 0 aliphatic rings. The summed E-state index contributed by atoms with van der Waals surface area (Å²) in [5.41, 5.74) is -0.430. The quantitative estimate of drug-likeness (QED) is 0.793. The molecule has 0 amide bonds. The van der Waals surface area contributed by atoms with Gasteiger partial charge in [-0.25, -0.2) is 4.79 Å². The number of carbonyl (C=O) groups is 1. The lowest BCUT2D eigenvalue weighted by atomic mass is 9.95. The molecule has 0 radical (unpaired) electrons. The van der Waals surface area contributed by atoms with Crippen molar-refractivity contribution >= 4 is 17.7 Å². The zero-order valence-electron chi connectivity index (χ0n) is 10.3. The largest absolute Gasteiger partial charge is 0.478 e. The molecular weight excluding hydrogens is 236 g/mol. The van der Waals surface area contributed by atoms with Crippen LogP contribution in [0.15, 0.2) is 29.2 Å². The minimum atomic E-state index is -0.921. The molecule has 2 N–H and O–H groups in total. The number of rotatable bonds is 5. The standard InChI is InChI=1S/C13H18O3S/c1-9(2)13(3,16)8-17-11-6-4-10(5-7-11)12(14)15/h4-7,9,16H,8H2,1-3H3,(H,14,15). The molecule has 1 rings (SSSR count). The molecule has 0 heterocycles. The van der Waals surface area contributed by atoms with Gasteiger partial charge in [0, 0.05) is 10.6 Å². The minimum absolute atomic E-state index is 0.188. The third-order valence-electron chi connectivity index (χ3n) is 2.88. The second-order valence-electron chi connectivity index (χ2n) is 4.63. The number of carboxylic acid groups (broad SMARTS) is 1. The summed E-state index contributed by atoms with van der Waals surface area (Å²) in [5.74, 6) is -0.138. The maximum atomic E-state index is 10.7. The summed E-state index contributed by atoms with van der Waals surface area (Å²) >= 11 is 1.53. The van der Waals surface area contributed by atoms with E-state index >= 15 is 0 Å². The van der Waals surface area contributed by atoms with E-state index in [2.05, 4.69) is 0 Å². The summed E-state index contributed by atoms with van der Waals surface area (Å²) in [4.78, 5) is 11.6. The first-order chi connectivity index (χ1) is 7.83. The van der Waals surface area contributed by atoms with E-state index in [-0.39, 0.29) is 11.5 Å². The molecule has 1 aromatic rings. The molecule has 0 spiro atoms. The maximum Gasteiger partial charge on any atom is 0.335 e. The van der Waals surface area contributed by atoms with Gasteiger partial charge in [0.05, 0.1) is 11.2 Å². The van der Waals surface area contributed by atoms with Crippen molar-refractivity contribution in [3.63, 3.8) is 0 Å². The molecule has 0 aliphatic heterocycles. The third-order valence-corrected chi connectivity index (χ3v) is 4.21. The van der Waals surface area contributed by atoms with Crippen LogP contribution in [-0.4, -0.2) is 27.5 Å². The van der Waals surface area contributed by atoms with Crippen LogP contribution in [0, 0.1) is 5.92 Å². The van der Waals surface area contributed by atoms with Crippen molar-refractivity contribution in [1.82, 2.24) is 0 Å². The van der Waals surface area contributed by atoms with E-state index in [0.717, 1.165) is 4.90 Å². The van der Waals surface area contributed by atoms with E-state index < -0.39 is 11.6 Å². The molecule has 0 fully saturated rings. The SMILES string of the molecule is CC(C)C(C)(O)CSc1ccc(C(=O)O)cc1. The van der Waals surface area contributed by atoms with Gasteiger partial charge in [-0.1, -0.05) is 13.8 Å². The lowest BCUT2D eigenvalue weighted by molar-refractivity contribution is 0.0376. The van der Waals surface area contributed by atoms with Gasteiger partial charge in [0.1, 0.15) is 0 Å². The van der Waals surface area contributed by atoms with Crippen LogP contribution in [0.4, 0.5) is 0 Å². The summed E-state index contributed by atoms with van der Waals surface area (Å²) in [5, 5.41) is 18.8. The van der Waals surface area contributed by atoms with Gasteiger partial charge in [-0.3, -0.25) is 0 Å². The molecule has 3 nitrogen and oxygen atoms in total. The highest BCUT2D eigenvalue weighted by molar-refractivity contribution is 7.99. The fourth-order valence-electron chi connectivity index (χ4n) is 1.09. The number of carboxylic acids is 1. The van der Waals surface area contributed by atoms with E-state index in [4.69, 9.17) is 5.11 Å². The van der Waals surface area contributed by atoms with E-state index in [1.54, 1.807) is 24.3 Å². The smallest absolute Gasteiger partial charge is 0.335 e. The fourth-order valence-corrected chi connectivity index (χ4v) is 2.21. The van der Waals surface area contributed by atoms with E-state index in [0.29, 0.717) is 5.75 Å². The molecule has 0 bridgehead atoms. The zero-order valence-corrected chi connectivity index (χ0v) is 11.1. The molecule has 1 aromatic carbocycles. The minimum Gasteiger partial charge on any atom is -0.478 e. The van der Waals surface area contributed by atoms with Gasteiger partial charge >= 0.3 is 5.97 Å². The van der Waals surface area contributed by atoms with Crippen LogP contribution in [0.2, 0.25) is 0 Å². The Morgan fingerprint density at radius 1 is 1.35 bits per heavy atom. The van der Waals surface area contributed by atoms with Gasteiger partial charge in [0.25, 0.3) is 0 Å². The number of thioether (sulfide) groups is 1. The highest BCUT2D eigenvalue weighted by Gasteiger charge is 2.24. The Morgan fingerprint density at radius 2 is 1.88 bits per heavy atom. The first-order valence-electron chi connectivity index (χ1n) is 5.51. The van der Waals surface area contributed by atoms with Gasteiger partial charge in [-0.2, -0.15) is 0 Å². The van der Waals surface area contributed by atoms with Crippen molar-refractivity contribution in [3.05, 3.63) is 29.8 Å². The van der Waals surface area contributed by atoms with Crippen LogP contribution >= 0.6 is 11.8 Å². The van der Waals surface area contributed by atoms with Crippen molar-refractivity contribution in [1.29, 1.82) is 0 Å². The number of benzene rings is 1. The molecule has 94 valence electrons. The highest BCUT2D eigenvalue weighted by Crippen LogP contribution is 2.27. The number of aliphatic hydroxyl groups is 1. The van der Waals surface area contributed by atoms with Crippen LogP contribution in [0.1, 0.15) is 31.1 Å². The Labute approximate surface area is 106 Å². The van der Waals surface area contributed by atoms with Gasteiger partial charge in [0.15, 0.2) is 0 Å². The van der Waals surface area contributed by atoms with Gasteiger partial charge in [-0.15, -0.1) is 11.8 Å². The molecule has 0 aliphatic carbocycles. The predicted octanol–water partition coefficient (Wildman–Crippen LogP) is 2.88. The van der Waals surface area contributed by atoms with E-state index in [9.17, 15) is 9.90 Å². The van der Waals surface area contributed by atoms with Crippen molar-refractivity contribution in [2.45, 2.75) is 31.3 Å². The van der Waals surface area contributed by atoms with Crippen LogP contribution < -0.4 is 0 Å². The number of hydrogen-bond donors (Lipinski definition) is 2. The topological polar surface area (TPSA) is 57.5 Å². The second-order valence-corrected chi connectivity index (χ2v) is 5.68. The Kier molecular flexibility index (Phi) is 4.60. The van der Waals surface area contributed by atoms with Crippen LogP contribution in [0.5, 0.6) is 0 Å².